The molecule has 0 saturated heterocycles. The predicted molar refractivity (Wildman–Crippen MR) is 76.0 cm³/mol. The average Bonchev–Trinajstić information content (AvgIpc) is 2.46. The van der Waals surface area contributed by atoms with Gasteiger partial charge in [-0.3, -0.25) is 4.98 Å². The molecule has 0 radical (unpaired) electrons. The van der Waals surface area contributed by atoms with Gasteiger partial charge in [-0.15, -0.1) is 0 Å². The molecule has 0 aliphatic rings. The van der Waals surface area contributed by atoms with Crippen molar-refractivity contribution >= 4 is 10.0 Å². The number of nitrogens with zero attached hydrogens (tertiary/aromatic N) is 1. The van der Waals surface area contributed by atoms with Gasteiger partial charge in [0.15, 0.2) is 0 Å². The Hall–Kier alpha value is -1.92. The number of rotatable bonds is 5. The minimum absolute atomic E-state index is 0.227. The second kappa shape index (κ2) is 6.02. The van der Waals surface area contributed by atoms with Crippen LogP contribution in [0.1, 0.15) is 11.1 Å². The monoisotopic (exact) mass is 292 g/mol. The van der Waals surface area contributed by atoms with Gasteiger partial charge >= 0.3 is 0 Å². The Morgan fingerprint density at radius 3 is 2.50 bits per heavy atom. The largest absolute Gasteiger partial charge is 0.496 e. The van der Waals surface area contributed by atoms with Gasteiger partial charge in [0.1, 0.15) is 5.75 Å². The quantitative estimate of drug-likeness (QED) is 0.913. The Morgan fingerprint density at radius 1 is 1.20 bits per heavy atom. The van der Waals surface area contributed by atoms with Gasteiger partial charge in [0.05, 0.1) is 12.0 Å². The van der Waals surface area contributed by atoms with Crippen molar-refractivity contribution in [2.45, 2.75) is 18.4 Å². The van der Waals surface area contributed by atoms with Crippen LogP contribution in [0.5, 0.6) is 5.75 Å². The first-order valence-corrected chi connectivity index (χ1v) is 7.54. The molecule has 0 saturated carbocycles. The van der Waals surface area contributed by atoms with E-state index in [0.29, 0.717) is 5.75 Å². The van der Waals surface area contributed by atoms with Gasteiger partial charge in [-0.05, 0) is 48.4 Å². The lowest BCUT2D eigenvalue weighted by Gasteiger charge is -2.09. The highest BCUT2D eigenvalue weighted by Gasteiger charge is 2.15. The van der Waals surface area contributed by atoms with E-state index in [2.05, 4.69) is 9.71 Å². The SMILES string of the molecule is COc1ccc(S(=O)(=O)NCc2ccncc2)cc1C. The summed E-state index contributed by atoms with van der Waals surface area (Å²) < 4.78 is 32.1. The first-order chi connectivity index (χ1) is 9.53. The fraction of sp³-hybridized carbons (Fsp3) is 0.214. The van der Waals surface area contributed by atoms with Crippen LogP contribution in [0, 0.1) is 6.92 Å². The summed E-state index contributed by atoms with van der Waals surface area (Å²) in [6.07, 6.45) is 3.25. The third-order valence-electron chi connectivity index (χ3n) is 2.89. The molecule has 0 aliphatic heterocycles. The number of benzene rings is 1. The number of sulfonamides is 1. The van der Waals surface area contributed by atoms with Gasteiger partial charge in [-0.1, -0.05) is 0 Å². The molecule has 1 aromatic carbocycles. The molecule has 1 N–H and O–H groups in total. The molecule has 0 fully saturated rings. The lowest BCUT2D eigenvalue weighted by Crippen LogP contribution is -2.23. The second-order valence-corrected chi connectivity index (χ2v) is 6.08. The maximum Gasteiger partial charge on any atom is 0.240 e. The second-order valence-electron chi connectivity index (χ2n) is 4.31. The summed E-state index contributed by atoms with van der Waals surface area (Å²) in [6, 6.07) is 8.30. The normalized spacial score (nSPS) is 11.3. The van der Waals surface area contributed by atoms with Crippen LogP contribution >= 0.6 is 0 Å². The Kier molecular flexibility index (Phi) is 4.36. The fourth-order valence-electron chi connectivity index (χ4n) is 1.78. The van der Waals surface area contributed by atoms with Crippen molar-refractivity contribution in [3.63, 3.8) is 0 Å². The van der Waals surface area contributed by atoms with Crippen molar-refractivity contribution in [3.05, 3.63) is 53.9 Å². The number of aryl methyl sites for hydroxylation is 1. The first-order valence-electron chi connectivity index (χ1n) is 6.06. The molecule has 0 aliphatic carbocycles. The van der Waals surface area contributed by atoms with Crippen molar-refractivity contribution in [2.24, 2.45) is 0 Å². The number of hydrogen-bond donors (Lipinski definition) is 1. The lowest BCUT2D eigenvalue weighted by molar-refractivity contribution is 0.411. The number of pyridine rings is 1. The van der Waals surface area contributed by atoms with Crippen molar-refractivity contribution in [1.29, 1.82) is 0 Å². The van der Waals surface area contributed by atoms with Gasteiger partial charge in [0, 0.05) is 18.9 Å². The Morgan fingerprint density at radius 2 is 1.90 bits per heavy atom. The Bertz CT molecular complexity index is 685. The fourth-order valence-corrected chi connectivity index (χ4v) is 2.88. The Labute approximate surface area is 118 Å². The zero-order valence-corrected chi connectivity index (χ0v) is 12.1. The number of nitrogens with one attached hydrogen (secondary N) is 1. The summed E-state index contributed by atoms with van der Waals surface area (Å²) in [7, 11) is -1.98. The van der Waals surface area contributed by atoms with E-state index >= 15 is 0 Å². The lowest BCUT2D eigenvalue weighted by atomic mass is 10.2. The molecule has 0 bridgehead atoms. The third kappa shape index (κ3) is 3.34. The summed E-state index contributed by atoms with van der Waals surface area (Å²) in [5.41, 5.74) is 1.63. The van der Waals surface area contributed by atoms with E-state index < -0.39 is 10.0 Å². The van der Waals surface area contributed by atoms with Crippen LogP contribution in [0.2, 0.25) is 0 Å². The topological polar surface area (TPSA) is 68.3 Å². The van der Waals surface area contributed by atoms with Crippen molar-refractivity contribution in [1.82, 2.24) is 9.71 Å². The summed E-state index contributed by atoms with van der Waals surface area (Å²) in [5, 5.41) is 0. The molecule has 20 heavy (non-hydrogen) atoms. The molecule has 1 aromatic heterocycles. The number of aromatic nitrogens is 1. The number of hydrogen-bond acceptors (Lipinski definition) is 4. The summed E-state index contributed by atoms with van der Waals surface area (Å²) >= 11 is 0. The smallest absolute Gasteiger partial charge is 0.240 e. The molecule has 1 heterocycles. The molecule has 0 amide bonds. The van der Waals surface area contributed by atoms with E-state index in [1.807, 2.05) is 0 Å². The summed E-state index contributed by atoms with van der Waals surface area (Å²) in [6.45, 7) is 2.04. The maximum atomic E-state index is 12.2. The third-order valence-corrected chi connectivity index (χ3v) is 4.29. The van der Waals surface area contributed by atoms with E-state index in [0.717, 1.165) is 11.1 Å². The van der Waals surface area contributed by atoms with Crippen LogP contribution in [0.15, 0.2) is 47.6 Å². The minimum atomic E-state index is -3.53. The zero-order valence-electron chi connectivity index (χ0n) is 11.3. The van der Waals surface area contributed by atoms with Gasteiger partial charge in [-0.25, -0.2) is 13.1 Å². The van der Waals surface area contributed by atoms with Crippen LogP contribution in [-0.2, 0) is 16.6 Å². The molecule has 6 heteroatoms. The predicted octanol–water partition coefficient (Wildman–Crippen LogP) is 1.88. The molecule has 0 atom stereocenters. The van der Waals surface area contributed by atoms with Crippen LogP contribution < -0.4 is 9.46 Å². The highest BCUT2D eigenvalue weighted by Crippen LogP contribution is 2.21. The molecule has 2 aromatic rings. The molecule has 5 nitrogen and oxygen atoms in total. The van der Waals surface area contributed by atoms with Crippen LogP contribution in [0.3, 0.4) is 0 Å². The van der Waals surface area contributed by atoms with E-state index in [9.17, 15) is 8.42 Å². The molecular weight excluding hydrogens is 276 g/mol. The highest BCUT2D eigenvalue weighted by molar-refractivity contribution is 7.89. The van der Waals surface area contributed by atoms with Gasteiger partial charge in [0.25, 0.3) is 0 Å². The van der Waals surface area contributed by atoms with Crippen molar-refractivity contribution < 1.29 is 13.2 Å². The number of methoxy groups -OCH3 is 1. The first kappa shape index (κ1) is 14.5. The van der Waals surface area contributed by atoms with Crippen molar-refractivity contribution in [3.8, 4) is 5.75 Å². The minimum Gasteiger partial charge on any atom is -0.496 e. The standard InChI is InChI=1S/C14H16N2O3S/c1-11-9-13(3-4-14(11)19-2)20(17,18)16-10-12-5-7-15-8-6-12/h3-9,16H,10H2,1-2H3. The van der Waals surface area contributed by atoms with Crippen LogP contribution in [-0.4, -0.2) is 20.5 Å². The van der Waals surface area contributed by atoms with E-state index in [4.69, 9.17) is 4.74 Å². The molecule has 106 valence electrons. The van der Waals surface area contributed by atoms with Crippen molar-refractivity contribution in [2.75, 3.05) is 7.11 Å². The van der Waals surface area contributed by atoms with E-state index in [1.165, 1.54) is 6.07 Å². The van der Waals surface area contributed by atoms with Gasteiger partial charge in [0.2, 0.25) is 10.0 Å². The van der Waals surface area contributed by atoms with Gasteiger partial charge in [-0.2, -0.15) is 0 Å². The van der Waals surface area contributed by atoms with E-state index in [1.54, 1.807) is 50.7 Å². The average molecular weight is 292 g/mol. The Balaban J connectivity index is 2.16. The maximum absolute atomic E-state index is 12.2. The van der Waals surface area contributed by atoms with Crippen LogP contribution in [0.25, 0.3) is 0 Å². The highest BCUT2D eigenvalue weighted by atomic mass is 32.2. The molecule has 0 unspecified atom stereocenters. The zero-order chi connectivity index (χ0) is 14.6. The molecule has 0 spiro atoms. The summed E-state index contributed by atoms with van der Waals surface area (Å²) in [5.74, 6) is 0.665. The van der Waals surface area contributed by atoms with Gasteiger partial charge < -0.3 is 4.74 Å². The van der Waals surface area contributed by atoms with Crippen LogP contribution in [0.4, 0.5) is 0 Å². The summed E-state index contributed by atoms with van der Waals surface area (Å²) in [4.78, 5) is 4.11. The molecule has 2 rings (SSSR count). The number of ether oxygens (including phenoxy) is 1. The molecular formula is C14H16N2O3S. The van der Waals surface area contributed by atoms with E-state index in [-0.39, 0.29) is 11.4 Å².